The molecule has 0 spiro atoms. The standard InChI is InChI=1S/C22H19F5N8O2/c23-12-3-1-2-11(17(12)24)9-31-15(14-4-7-37-34-14)8-13(28)19-32-10-16(18(29)33-19)35(30)20(36)21(5-6-21)22(25,26)27/h1-4,7-8,10,28,31H,5-6,9,30H2,(H2,29,32,33)/b15-8-,28-13?. The van der Waals surface area contributed by atoms with E-state index in [2.05, 4.69) is 20.4 Å². The molecule has 0 unspecified atom stereocenters. The molecule has 0 bridgehead atoms. The Hall–Kier alpha value is -4.40. The molecule has 0 saturated heterocycles. The van der Waals surface area contributed by atoms with Crippen LogP contribution >= 0.6 is 0 Å². The molecule has 194 valence electrons. The van der Waals surface area contributed by atoms with Crippen LogP contribution in [0.15, 0.2) is 47.3 Å². The van der Waals surface area contributed by atoms with Gasteiger partial charge in [0.05, 0.1) is 11.9 Å². The highest BCUT2D eigenvalue weighted by atomic mass is 19.4. The Morgan fingerprint density at radius 3 is 2.59 bits per heavy atom. The van der Waals surface area contributed by atoms with Gasteiger partial charge in [-0.2, -0.15) is 13.2 Å². The van der Waals surface area contributed by atoms with E-state index in [4.69, 9.17) is 21.5 Å². The minimum atomic E-state index is -4.77. The Labute approximate surface area is 205 Å². The first-order chi connectivity index (χ1) is 17.4. The van der Waals surface area contributed by atoms with Gasteiger partial charge in [0.25, 0.3) is 5.91 Å². The predicted molar refractivity (Wildman–Crippen MR) is 120 cm³/mol. The zero-order chi connectivity index (χ0) is 27.0. The SMILES string of the molecule is N=C(/C=C(\NCc1cccc(F)c1F)c1ccon1)c1ncc(N(N)C(=O)C2(C(F)(F)F)CC2)c(N)n1. The maximum Gasteiger partial charge on any atom is 0.403 e. The van der Waals surface area contributed by atoms with Crippen LogP contribution in [0, 0.1) is 22.5 Å². The van der Waals surface area contributed by atoms with Crippen molar-refractivity contribution in [2.45, 2.75) is 25.6 Å². The molecule has 2 heterocycles. The second-order valence-electron chi connectivity index (χ2n) is 8.14. The van der Waals surface area contributed by atoms with Crippen molar-refractivity contribution >= 4 is 28.8 Å². The third-order valence-corrected chi connectivity index (χ3v) is 5.72. The smallest absolute Gasteiger partial charge is 0.382 e. The van der Waals surface area contributed by atoms with Gasteiger partial charge in [0, 0.05) is 18.2 Å². The van der Waals surface area contributed by atoms with Gasteiger partial charge in [-0.1, -0.05) is 17.3 Å². The van der Waals surface area contributed by atoms with Gasteiger partial charge in [-0.05, 0) is 25.0 Å². The van der Waals surface area contributed by atoms with E-state index in [9.17, 15) is 26.7 Å². The van der Waals surface area contributed by atoms with Gasteiger partial charge >= 0.3 is 6.18 Å². The zero-order valence-electron chi connectivity index (χ0n) is 18.8. The van der Waals surface area contributed by atoms with Crippen molar-refractivity contribution in [1.82, 2.24) is 20.4 Å². The predicted octanol–water partition coefficient (Wildman–Crippen LogP) is 3.07. The fraction of sp³-hybridized carbons (Fsp3) is 0.227. The highest BCUT2D eigenvalue weighted by molar-refractivity contribution is 6.08. The maximum absolute atomic E-state index is 14.0. The van der Waals surface area contributed by atoms with Gasteiger partial charge in [0.1, 0.15) is 28.8 Å². The minimum absolute atomic E-state index is 0.00534. The molecule has 37 heavy (non-hydrogen) atoms. The van der Waals surface area contributed by atoms with Gasteiger partial charge in [-0.3, -0.25) is 10.2 Å². The average molecular weight is 522 g/mol. The molecule has 4 rings (SSSR count). The molecular weight excluding hydrogens is 503 g/mol. The van der Waals surface area contributed by atoms with Crippen molar-refractivity contribution in [2.75, 3.05) is 10.7 Å². The maximum atomic E-state index is 14.0. The molecule has 15 heteroatoms. The van der Waals surface area contributed by atoms with E-state index in [0.29, 0.717) is 0 Å². The van der Waals surface area contributed by atoms with Crippen LogP contribution < -0.4 is 21.9 Å². The number of nitrogen functional groups attached to an aromatic ring is 1. The van der Waals surface area contributed by atoms with Crippen LogP contribution in [0.5, 0.6) is 0 Å². The number of carbonyl (C=O) groups is 1. The molecule has 0 aliphatic heterocycles. The molecule has 1 aliphatic carbocycles. The van der Waals surface area contributed by atoms with Gasteiger partial charge in [0.15, 0.2) is 23.3 Å². The van der Waals surface area contributed by atoms with Crippen LogP contribution in [0.1, 0.15) is 29.9 Å². The second kappa shape index (κ2) is 9.57. The normalized spacial score (nSPS) is 14.8. The van der Waals surface area contributed by atoms with Crippen molar-refractivity contribution in [2.24, 2.45) is 11.3 Å². The molecule has 1 amide bonds. The van der Waals surface area contributed by atoms with Crippen LogP contribution in [0.25, 0.3) is 5.70 Å². The first-order valence-corrected chi connectivity index (χ1v) is 10.6. The Morgan fingerprint density at radius 1 is 1.27 bits per heavy atom. The summed E-state index contributed by atoms with van der Waals surface area (Å²) in [7, 11) is 0. The third-order valence-electron chi connectivity index (χ3n) is 5.72. The fourth-order valence-corrected chi connectivity index (χ4v) is 3.44. The molecule has 1 aromatic carbocycles. The number of aromatic nitrogens is 3. The third kappa shape index (κ3) is 4.97. The number of hydrazine groups is 1. The largest absolute Gasteiger partial charge is 0.403 e. The van der Waals surface area contributed by atoms with Crippen molar-refractivity contribution in [3.63, 3.8) is 0 Å². The topological polar surface area (TPSA) is 160 Å². The van der Waals surface area contributed by atoms with Crippen LogP contribution in [0.2, 0.25) is 0 Å². The van der Waals surface area contributed by atoms with Crippen LogP contribution in [-0.4, -0.2) is 32.9 Å². The summed E-state index contributed by atoms with van der Waals surface area (Å²) in [4.78, 5) is 20.2. The molecular formula is C22H19F5N8O2. The van der Waals surface area contributed by atoms with Gasteiger partial charge < -0.3 is 15.6 Å². The molecule has 1 aliphatic rings. The number of nitrogens with zero attached hydrogens (tertiary/aromatic N) is 4. The number of benzene rings is 1. The number of rotatable bonds is 8. The molecule has 0 atom stereocenters. The Kier molecular flexibility index (Phi) is 6.64. The molecule has 2 aromatic heterocycles. The fourth-order valence-electron chi connectivity index (χ4n) is 3.44. The number of carbonyl (C=O) groups excluding carboxylic acids is 1. The first-order valence-electron chi connectivity index (χ1n) is 10.6. The lowest BCUT2D eigenvalue weighted by Gasteiger charge is -2.25. The number of hydrogen-bond donors (Lipinski definition) is 4. The molecule has 1 saturated carbocycles. The van der Waals surface area contributed by atoms with Crippen molar-refractivity contribution < 1.29 is 31.3 Å². The Bertz CT molecular complexity index is 1370. The second-order valence-corrected chi connectivity index (χ2v) is 8.14. The van der Waals surface area contributed by atoms with E-state index in [0.717, 1.165) is 12.3 Å². The lowest BCUT2D eigenvalue weighted by atomic mass is 10.1. The van der Waals surface area contributed by atoms with E-state index < -0.39 is 47.8 Å². The lowest BCUT2D eigenvalue weighted by Crippen LogP contribution is -2.48. The van der Waals surface area contributed by atoms with Gasteiger partial charge in [-0.15, -0.1) is 0 Å². The highest BCUT2D eigenvalue weighted by Crippen LogP contribution is 2.58. The van der Waals surface area contributed by atoms with Crippen LogP contribution in [0.3, 0.4) is 0 Å². The summed E-state index contributed by atoms with van der Waals surface area (Å²) in [5, 5.41) is 15.2. The number of alkyl halides is 3. The highest BCUT2D eigenvalue weighted by Gasteiger charge is 2.69. The summed E-state index contributed by atoms with van der Waals surface area (Å²) < 4.78 is 72.2. The van der Waals surface area contributed by atoms with Gasteiger partial charge in [-0.25, -0.2) is 29.6 Å². The van der Waals surface area contributed by atoms with E-state index in [1.54, 1.807) is 0 Å². The van der Waals surface area contributed by atoms with Crippen LogP contribution in [-0.2, 0) is 11.3 Å². The zero-order valence-corrected chi connectivity index (χ0v) is 18.8. The number of nitrogens with two attached hydrogens (primary N) is 2. The number of nitrogens with one attached hydrogen (secondary N) is 2. The molecule has 10 nitrogen and oxygen atoms in total. The number of halogens is 5. The van der Waals surface area contributed by atoms with Crippen molar-refractivity contribution in [1.29, 1.82) is 5.41 Å². The van der Waals surface area contributed by atoms with E-state index >= 15 is 0 Å². The quantitative estimate of drug-likeness (QED) is 0.115. The monoisotopic (exact) mass is 522 g/mol. The Balaban J connectivity index is 1.56. The van der Waals surface area contributed by atoms with E-state index in [1.165, 1.54) is 30.5 Å². The lowest BCUT2D eigenvalue weighted by molar-refractivity contribution is -0.190. The van der Waals surface area contributed by atoms with Crippen LogP contribution in [0.4, 0.5) is 33.5 Å². The number of hydrogen-bond acceptors (Lipinski definition) is 9. The summed E-state index contributed by atoms with van der Waals surface area (Å²) in [6, 6.07) is 5.11. The Morgan fingerprint density at radius 2 is 2.00 bits per heavy atom. The number of allylic oxidation sites excluding steroid dienone is 1. The summed E-state index contributed by atoms with van der Waals surface area (Å²) in [6.07, 6.45) is -2.18. The molecule has 0 radical (unpaired) electrons. The summed E-state index contributed by atoms with van der Waals surface area (Å²) >= 11 is 0. The van der Waals surface area contributed by atoms with E-state index in [1.807, 2.05) is 0 Å². The molecule has 3 aromatic rings. The molecule has 6 N–H and O–H groups in total. The number of anilines is 2. The van der Waals surface area contributed by atoms with Crippen molar-refractivity contribution in [3.8, 4) is 0 Å². The minimum Gasteiger partial charge on any atom is -0.382 e. The first kappa shape index (κ1) is 25.7. The summed E-state index contributed by atoms with van der Waals surface area (Å²) in [6.45, 7) is -0.178. The summed E-state index contributed by atoms with van der Waals surface area (Å²) in [5.41, 5.74) is 2.92. The van der Waals surface area contributed by atoms with E-state index in [-0.39, 0.29) is 45.7 Å². The van der Waals surface area contributed by atoms with Crippen molar-refractivity contribution in [3.05, 3.63) is 71.5 Å². The average Bonchev–Trinajstić information content (AvgIpc) is 3.51. The molecule has 1 fully saturated rings. The van der Waals surface area contributed by atoms with Gasteiger partial charge in [0.2, 0.25) is 0 Å². The number of amides is 1. The summed E-state index contributed by atoms with van der Waals surface area (Å²) in [5.74, 6) is 1.46.